The Kier molecular flexibility index (Phi) is 3.96. The highest BCUT2D eigenvalue weighted by atomic mass is 19.1. The lowest BCUT2D eigenvalue weighted by molar-refractivity contribution is -0.118. The minimum Gasteiger partial charge on any atom is -0.378 e. The minimum absolute atomic E-state index is 0.00808. The van der Waals surface area contributed by atoms with Crippen LogP contribution in [0.2, 0.25) is 0 Å². The summed E-state index contributed by atoms with van der Waals surface area (Å²) in [7, 11) is 0. The number of anilines is 1. The van der Waals surface area contributed by atoms with E-state index in [4.69, 9.17) is 11.0 Å². The van der Waals surface area contributed by atoms with Crippen LogP contribution in [-0.2, 0) is 17.9 Å². The molecule has 1 amide bonds. The van der Waals surface area contributed by atoms with Crippen molar-refractivity contribution < 1.29 is 9.18 Å². The molecule has 0 unspecified atom stereocenters. The molecule has 0 saturated heterocycles. The monoisotopic (exact) mass is 273 g/mol. The van der Waals surface area contributed by atoms with E-state index < -0.39 is 11.7 Å². The minimum atomic E-state index is -0.537. The second-order valence-electron chi connectivity index (χ2n) is 4.17. The predicted molar refractivity (Wildman–Crippen MR) is 69.9 cm³/mol. The summed E-state index contributed by atoms with van der Waals surface area (Å²) in [6, 6.07) is 6.12. The largest absolute Gasteiger partial charge is 0.378 e. The molecule has 0 radical (unpaired) electrons. The molecule has 2 aromatic rings. The topological polar surface area (TPSA) is 96.7 Å². The van der Waals surface area contributed by atoms with Crippen molar-refractivity contribution in [1.82, 2.24) is 9.78 Å². The van der Waals surface area contributed by atoms with Crippen molar-refractivity contribution >= 4 is 11.6 Å². The normalized spacial score (nSPS) is 10.0. The summed E-state index contributed by atoms with van der Waals surface area (Å²) >= 11 is 0. The molecule has 6 nitrogen and oxygen atoms in total. The number of nitrogens with one attached hydrogen (secondary N) is 1. The van der Waals surface area contributed by atoms with Crippen LogP contribution in [-0.4, -0.2) is 15.7 Å². The van der Waals surface area contributed by atoms with Gasteiger partial charge in [-0.05, 0) is 17.7 Å². The number of nitriles is 1. The Morgan fingerprint density at radius 1 is 1.55 bits per heavy atom. The smallest absolute Gasteiger partial charge is 0.239 e. The second kappa shape index (κ2) is 5.84. The zero-order valence-corrected chi connectivity index (χ0v) is 10.5. The number of aromatic nitrogens is 2. The average Bonchev–Trinajstić information content (AvgIpc) is 2.84. The number of amides is 1. The molecule has 0 spiro atoms. The van der Waals surface area contributed by atoms with Crippen LogP contribution in [0.25, 0.3) is 0 Å². The Bertz CT molecular complexity index is 674. The Hall–Kier alpha value is -2.88. The molecule has 0 atom stereocenters. The summed E-state index contributed by atoms with van der Waals surface area (Å²) in [4.78, 5) is 10.7. The number of benzene rings is 1. The lowest BCUT2D eigenvalue weighted by Gasteiger charge is -2.04. The highest BCUT2D eigenvalue weighted by Crippen LogP contribution is 2.12. The van der Waals surface area contributed by atoms with Crippen molar-refractivity contribution in [2.24, 2.45) is 5.73 Å². The lowest BCUT2D eigenvalue weighted by atomic mass is 10.1. The number of hydrogen-bond acceptors (Lipinski definition) is 4. The van der Waals surface area contributed by atoms with Gasteiger partial charge in [-0.1, -0.05) is 6.07 Å². The second-order valence-corrected chi connectivity index (χ2v) is 4.17. The Labute approximate surface area is 114 Å². The van der Waals surface area contributed by atoms with E-state index in [1.54, 1.807) is 24.5 Å². The van der Waals surface area contributed by atoms with E-state index in [1.807, 2.05) is 0 Å². The van der Waals surface area contributed by atoms with Crippen molar-refractivity contribution in [2.75, 3.05) is 5.32 Å². The molecule has 2 rings (SSSR count). The SMILES string of the molecule is N#Cc1cc(CNc2cnn(CC(N)=O)c2)ccc1F. The fraction of sp³-hybridized carbons (Fsp3) is 0.154. The van der Waals surface area contributed by atoms with Crippen LogP contribution in [0.1, 0.15) is 11.1 Å². The fourth-order valence-corrected chi connectivity index (χ4v) is 1.67. The first-order valence-electron chi connectivity index (χ1n) is 5.81. The molecule has 0 saturated carbocycles. The van der Waals surface area contributed by atoms with Crippen molar-refractivity contribution in [2.45, 2.75) is 13.1 Å². The highest BCUT2D eigenvalue weighted by molar-refractivity contribution is 5.73. The molecule has 20 heavy (non-hydrogen) atoms. The van der Waals surface area contributed by atoms with Gasteiger partial charge in [0.15, 0.2) is 0 Å². The quantitative estimate of drug-likeness (QED) is 0.849. The molecular weight excluding hydrogens is 261 g/mol. The average molecular weight is 273 g/mol. The zero-order chi connectivity index (χ0) is 14.5. The van der Waals surface area contributed by atoms with E-state index in [0.717, 1.165) is 5.56 Å². The first kappa shape index (κ1) is 13.5. The van der Waals surface area contributed by atoms with E-state index in [-0.39, 0.29) is 12.1 Å². The van der Waals surface area contributed by atoms with Gasteiger partial charge in [-0.3, -0.25) is 9.48 Å². The van der Waals surface area contributed by atoms with E-state index >= 15 is 0 Å². The van der Waals surface area contributed by atoms with E-state index in [2.05, 4.69) is 10.4 Å². The van der Waals surface area contributed by atoms with Gasteiger partial charge >= 0.3 is 0 Å². The van der Waals surface area contributed by atoms with E-state index in [9.17, 15) is 9.18 Å². The molecule has 3 N–H and O–H groups in total. The fourth-order valence-electron chi connectivity index (χ4n) is 1.67. The van der Waals surface area contributed by atoms with E-state index in [0.29, 0.717) is 12.2 Å². The molecule has 1 heterocycles. The number of carbonyl (C=O) groups is 1. The number of nitrogens with two attached hydrogens (primary N) is 1. The van der Waals surface area contributed by atoms with Gasteiger partial charge in [-0.2, -0.15) is 10.4 Å². The third kappa shape index (κ3) is 3.32. The van der Waals surface area contributed by atoms with Gasteiger partial charge < -0.3 is 11.1 Å². The summed E-state index contributed by atoms with van der Waals surface area (Å²) in [5, 5.41) is 15.8. The van der Waals surface area contributed by atoms with Crippen LogP contribution in [0.5, 0.6) is 0 Å². The van der Waals surface area contributed by atoms with Crippen LogP contribution in [0.15, 0.2) is 30.6 Å². The molecule has 0 aliphatic carbocycles. The Morgan fingerprint density at radius 2 is 2.35 bits per heavy atom. The number of rotatable bonds is 5. The van der Waals surface area contributed by atoms with Gasteiger partial charge in [0.25, 0.3) is 0 Å². The molecule has 7 heteroatoms. The maximum atomic E-state index is 13.2. The van der Waals surface area contributed by atoms with Crippen molar-refractivity contribution in [3.63, 3.8) is 0 Å². The maximum Gasteiger partial charge on any atom is 0.239 e. The molecule has 0 aliphatic rings. The summed E-state index contributed by atoms with van der Waals surface area (Å²) in [6.45, 7) is 0.425. The lowest BCUT2D eigenvalue weighted by Crippen LogP contribution is -2.18. The van der Waals surface area contributed by atoms with E-state index in [1.165, 1.54) is 16.8 Å². The van der Waals surface area contributed by atoms with Gasteiger partial charge in [-0.15, -0.1) is 0 Å². The number of nitrogens with zero attached hydrogens (tertiary/aromatic N) is 3. The van der Waals surface area contributed by atoms with Crippen LogP contribution < -0.4 is 11.1 Å². The number of hydrogen-bond donors (Lipinski definition) is 2. The standard InChI is InChI=1S/C13H12FN5O/c14-12-2-1-9(3-10(12)4-15)5-17-11-6-18-19(7-11)8-13(16)20/h1-3,6-7,17H,5,8H2,(H2,16,20). The summed E-state index contributed by atoms with van der Waals surface area (Å²) in [5.74, 6) is -1.01. The van der Waals surface area contributed by atoms with Gasteiger partial charge in [0.05, 0.1) is 17.4 Å². The van der Waals surface area contributed by atoms with Crippen molar-refractivity contribution in [3.05, 3.63) is 47.5 Å². The molecular formula is C13H12FN5O. The molecule has 0 bridgehead atoms. The van der Waals surface area contributed by atoms with Crippen molar-refractivity contribution in [3.8, 4) is 6.07 Å². The Morgan fingerprint density at radius 3 is 3.05 bits per heavy atom. The van der Waals surface area contributed by atoms with Gasteiger partial charge in [0.2, 0.25) is 5.91 Å². The molecule has 102 valence electrons. The number of halogens is 1. The summed E-state index contributed by atoms with van der Waals surface area (Å²) < 4.78 is 14.6. The molecule has 0 fully saturated rings. The Balaban J connectivity index is 2.00. The highest BCUT2D eigenvalue weighted by Gasteiger charge is 2.04. The predicted octanol–water partition coefficient (Wildman–Crippen LogP) is 0.991. The van der Waals surface area contributed by atoms with Gasteiger partial charge in [0.1, 0.15) is 18.4 Å². The van der Waals surface area contributed by atoms with Crippen LogP contribution in [0.4, 0.5) is 10.1 Å². The first-order chi connectivity index (χ1) is 9.58. The van der Waals surface area contributed by atoms with Crippen LogP contribution in [0.3, 0.4) is 0 Å². The van der Waals surface area contributed by atoms with Gasteiger partial charge in [-0.25, -0.2) is 4.39 Å². The van der Waals surface area contributed by atoms with Crippen molar-refractivity contribution in [1.29, 1.82) is 5.26 Å². The molecule has 1 aromatic carbocycles. The number of primary amides is 1. The van der Waals surface area contributed by atoms with Crippen LogP contribution >= 0.6 is 0 Å². The molecule has 0 aliphatic heterocycles. The summed E-state index contributed by atoms with van der Waals surface area (Å²) in [6.07, 6.45) is 3.19. The first-order valence-corrected chi connectivity index (χ1v) is 5.81. The van der Waals surface area contributed by atoms with Gasteiger partial charge in [0, 0.05) is 12.7 Å². The van der Waals surface area contributed by atoms with Crippen LogP contribution in [0, 0.1) is 17.1 Å². The zero-order valence-electron chi connectivity index (χ0n) is 10.5. The maximum absolute atomic E-state index is 13.2. The third-order valence-electron chi connectivity index (χ3n) is 2.60. The number of carbonyl (C=O) groups excluding carboxylic acids is 1. The molecule has 1 aromatic heterocycles. The third-order valence-corrected chi connectivity index (χ3v) is 2.60. The summed E-state index contributed by atoms with van der Waals surface area (Å²) in [5.41, 5.74) is 6.54.